The Hall–Kier alpha value is -2.41. The van der Waals surface area contributed by atoms with Crippen LogP contribution in [-0.2, 0) is 16.1 Å². The van der Waals surface area contributed by atoms with Gasteiger partial charge < -0.3 is 19.2 Å². The number of ether oxygens (including phenoxy) is 2. The van der Waals surface area contributed by atoms with Crippen molar-refractivity contribution < 1.29 is 18.7 Å². The van der Waals surface area contributed by atoms with Crippen molar-refractivity contribution in [2.75, 3.05) is 13.7 Å². The quantitative estimate of drug-likeness (QED) is 0.901. The summed E-state index contributed by atoms with van der Waals surface area (Å²) in [7, 11) is 1.58. The summed E-state index contributed by atoms with van der Waals surface area (Å²) < 4.78 is 16.1. The summed E-state index contributed by atoms with van der Waals surface area (Å²) >= 11 is 0. The SMILES string of the molecule is COc1ccccc1-c1nnc(CNC(=O)C2CCCO2)o1. The van der Waals surface area contributed by atoms with Gasteiger partial charge in [0, 0.05) is 6.61 Å². The fraction of sp³-hybridized carbons (Fsp3) is 0.400. The van der Waals surface area contributed by atoms with Crippen molar-refractivity contribution in [2.45, 2.75) is 25.5 Å². The monoisotopic (exact) mass is 303 g/mol. The number of amides is 1. The minimum atomic E-state index is -0.364. The number of rotatable bonds is 5. The highest BCUT2D eigenvalue weighted by Crippen LogP contribution is 2.28. The highest BCUT2D eigenvalue weighted by molar-refractivity contribution is 5.80. The summed E-state index contributed by atoms with van der Waals surface area (Å²) in [5, 5.41) is 10.7. The minimum Gasteiger partial charge on any atom is -0.496 e. The van der Waals surface area contributed by atoms with Gasteiger partial charge in [0.15, 0.2) is 0 Å². The van der Waals surface area contributed by atoms with E-state index in [1.165, 1.54) is 0 Å². The number of carbonyl (C=O) groups excluding carboxylic acids is 1. The number of hydrogen-bond acceptors (Lipinski definition) is 6. The molecule has 0 bridgehead atoms. The lowest BCUT2D eigenvalue weighted by Crippen LogP contribution is -2.33. The van der Waals surface area contributed by atoms with Crippen LogP contribution >= 0.6 is 0 Å². The van der Waals surface area contributed by atoms with Gasteiger partial charge in [-0.2, -0.15) is 0 Å². The Morgan fingerprint density at radius 1 is 1.41 bits per heavy atom. The van der Waals surface area contributed by atoms with Crippen LogP contribution in [0.4, 0.5) is 0 Å². The van der Waals surface area contributed by atoms with Gasteiger partial charge in [0.2, 0.25) is 11.8 Å². The van der Waals surface area contributed by atoms with Crippen molar-refractivity contribution >= 4 is 5.91 Å². The van der Waals surface area contributed by atoms with Crippen molar-refractivity contribution in [3.05, 3.63) is 30.2 Å². The Balaban J connectivity index is 1.65. The molecule has 1 unspecified atom stereocenters. The molecule has 1 fully saturated rings. The van der Waals surface area contributed by atoms with E-state index in [2.05, 4.69) is 15.5 Å². The zero-order chi connectivity index (χ0) is 15.4. The second-order valence-corrected chi connectivity index (χ2v) is 4.92. The fourth-order valence-corrected chi connectivity index (χ4v) is 2.32. The number of nitrogens with one attached hydrogen (secondary N) is 1. The molecule has 22 heavy (non-hydrogen) atoms. The standard InChI is InChI=1S/C15H17N3O4/c1-20-11-6-3-2-5-10(11)15-18-17-13(22-15)9-16-14(19)12-7-4-8-21-12/h2-3,5-6,12H,4,7-9H2,1H3,(H,16,19). The van der Waals surface area contributed by atoms with E-state index in [9.17, 15) is 4.79 Å². The van der Waals surface area contributed by atoms with Crippen molar-refractivity contribution in [1.29, 1.82) is 0 Å². The van der Waals surface area contributed by atoms with E-state index in [-0.39, 0.29) is 18.6 Å². The van der Waals surface area contributed by atoms with Crippen molar-refractivity contribution in [3.63, 3.8) is 0 Å². The van der Waals surface area contributed by atoms with Crippen molar-refractivity contribution in [2.24, 2.45) is 0 Å². The van der Waals surface area contributed by atoms with Crippen LogP contribution in [0, 0.1) is 0 Å². The van der Waals surface area contributed by atoms with Crippen LogP contribution in [-0.4, -0.2) is 35.9 Å². The maximum atomic E-state index is 11.8. The Morgan fingerprint density at radius 2 is 2.27 bits per heavy atom. The minimum absolute atomic E-state index is 0.144. The third-order valence-electron chi connectivity index (χ3n) is 3.44. The molecule has 1 saturated heterocycles. The van der Waals surface area contributed by atoms with Crippen molar-refractivity contribution in [1.82, 2.24) is 15.5 Å². The zero-order valence-corrected chi connectivity index (χ0v) is 12.2. The molecule has 7 nitrogen and oxygen atoms in total. The predicted molar refractivity (Wildman–Crippen MR) is 77.1 cm³/mol. The van der Waals surface area contributed by atoms with Crippen LogP contribution in [0.15, 0.2) is 28.7 Å². The largest absolute Gasteiger partial charge is 0.496 e. The van der Waals surface area contributed by atoms with E-state index in [4.69, 9.17) is 13.9 Å². The smallest absolute Gasteiger partial charge is 0.251 e. The molecule has 0 radical (unpaired) electrons. The number of nitrogens with zero attached hydrogens (tertiary/aromatic N) is 2. The molecular weight excluding hydrogens is 286 g/mol. The van der Waals surface area contributed by atoms with Crippen LogP contribution in [0.2, 0.25) is 0 Å². The van der Waals surface area contributed by atoms with Crippen LogP contribution in [0.3, 0.4) is 0 Å². The van der Waals surface area contributed by atoms with Crippen LogP contribution in [0.25, 0.3) is 11.5 Å². The molecule has 1 amide bonds. The van der Waals surface area contributed by atoms with E-state index in [1.54, 1.807) is 7.11 Å². The maximum absolute atomic E-state index is 11.8. The lowest BCUT2D eigenvalue weighted by molar-refractivity contribution is -0.130. The third-order valence-corrected chi connectivity index (χ3v) is 3.44. The van der Waals surface area contributed by atoms with E-state index in [0.29, 0.717) is 29.7 Å². The zero-order valence-electron chi connectivity index (χ0n) is 12.2. The molecule has 1 N–H and O–H groups in total. The molecule has 0 saturated carbocycles. The Labute approximate surface area is 127 Å². The Bertz CT molecular complexity index is 650. The highest BCUT2D eigenvalue weighted by atomic mass is 16.5. The molecule has 3 rings (SSSR count). The normalized spacial score (nSPS) is 17.4. The lowest BCUT2D eigenvalue weighted by Gasteiger charge is -2.08. The predicted octanol–water partition coefficient (Wildman–Crippen LogP) is 1.54. The Kier molecular flexibility index (Phi) is 4.34. The lowest BCUT2D eigenvalue weighted by atomic mass is 10.2. The van der Waals surface area contributed by atoms with Crippen LogP contribution < -0.4 is 10.1 Å². The van der Waals surface area contributed by atoms with Crippen molar-refractivity contribution in [3.8, 4) is 17.2 Å². The van der Waals surface area contributed by atoms with Gasteiger partial charge in [-0.3, -0.25) is 4.79 Å². The summed E-state index contributed by atoms with van der Waals surface area (Å²) in [4.78, 5) is 11.8. The summed E-state index contributed by atoms with van der Waals surface area (Å²) in [5.74, 6) is 1.21. The second-order valence-electron chi connectivity index (χ2n) is 4.92. The summed E-state index contributed by atoms with van der Waals surface area (Å²) in [5.41, 5.74) is 0.717. The van der Waals surface area contributed by atoms with Crippen LogP contribution in [0.1, 0.15) is 18.7 Å². The first-order valence-corrected chi connectivity index (χ1v) is 7.13. The molecule has 1 aliphatic rings. The first-order chi connectivity index (χ1) is 10.8. The van der Waals surface area contributed by atoms with E-state index >= 15 is 0 Å². The van der Waals surface area contributed by atoms with Gasteiger partial charge in [-0.15, -0.1) is 10.2 Å². The van der Waals surface area contributed by atoms with E-state index < -0.39 is 0 Å². The molecule has 2 aromatic rings. The first-order valence-electron chi connectivity index (χ1n) is 7.13. The molecule has 7 heteroatoms. The van der Waals surface area contributed by atoms with Gasteiger partial charge in [-0.05, 0) is 25.0 Å². The first kappa shape index (κ1) is 14.5. The van der Waals surface area contributed by atoms with Gasteiger partial charge in [-0.1, -0.05) is 12.1 Å². The Morgan fingerprint density at radius 3 is 3.05 bits per heavy atom. The van der Waals surface area contributed by atoms with E-state index in [0.717, 1.165) is 12.8 Å². The number of benzene rings is 1. The van der Waals surface area contributed by atoms with Gasteiger partial charge in [-0.25, -0.2) is 0 Å². The molecule has 116 valence electrons. The maximum Gasteiger partial charge on any atom is 0.251 e. The highest BCUT2D eigenvalue weighted by Gasteiger charge is 2.23. The van der Waals surface area contributed by atoms with Gasteiger partial charge >= 0.3 is 0 Å². The summed E-state index contributed by atoms with van der Waals surface area (Å²) in [6, 6.07) is 7.38. The fourth-order valence-electron chi connectivity index (χ4n) is 2.32. The van der Waals surface area contributed by atoms with Gasteiger partial charge in [0.1, 0.15) is 11.9 Å². The molecule has 1 atom stereocenters. The molecule has 1 aliphatic heterocycles. The second kappa shape index (κ2) is 6.57. The van der Waals surface area contributed by atoms with Crippen LogP contribution in [0.5, 0.6) is 5.75 Å². The average Bonchev–Trinajstić information content (AvgIpc) is 3.24. The summed E-state index contributed by atoms with van der Waals surface area (Å²) in [6.07, 6.45) is 1.30. The molecule has 1 aromatic heterocycles. The number of para-hydroxylation sites is 1. The molecular formula is C15H17N3O4. The third kappa shape index (κ3) is 3.09. The topological polar surface area (TPSA) is 86.5 Å². The number of aromatic nitrogens is 2. The molecule has 1 aromatic carbocycles. The number of methoxy groups -OCH3 is 1. The number of hydrogen-bond donors (Lipinski definition) is 1. The molecule has 0 aliphatic carbocycles. The number of carbonyl (C=O) groups is 1. The molecule has 2 heterocycles. The van der Waals surface area contributed by atoms with E-state index in [1.807, 2.05) is 24.3 Å². The van der Waals surface area contributed by atoms with Gasteiger partial charge in [0.25, 0.3) is 5.89 Å². The summed E-state index contributed by atoms with van der Waals surface area (Å²) in [6.45, 7) is 0.817. The average molecular weight is 303 g/mol. The molecule has 0 spiro atoms. The van der Waals surface area contributed by atoms with Gasteiger partial charge in [0.05, 0.1) is 19.2 Å².